The number of aryl methyl sites for hydroxylation is 1. The van der Waals surface area contributed by atoms with Gasteiger partial charge in [-0.3, -0.25) is 9.69 Å². The molecule has 0 saturated heterocycles. The molecule has 1 amide bonds. The Labute approximate surface area is 190 Å². The number of nitrogens with zero attached hydrogens (tertiary/aromatic N) is 5. The van der Waals surface area contributed by atoms with E-state index < -0.39 is 0 Å². The number of benzene rings is 2. The Morgan fingerprint density at radius 2 is 1.84 bits per heavy atom. The van der Waals surface area contributed by atoms with Crippen LogP contribution in [0.2, 0.25) is 5.02 Å². The van der Waals surface area contributed by atoms with Gasteiger partial charge in [-0.2, -0.15) is 5.10 Å². The monoisotopic (exact) mass is 453 g/mol. The third-order valence-electron chi connectivity index (χ3n) is 5.22. The second-order valence-electron chi connectivity index (χ2n) is 7.67. The Kier molecular flexibility index (Phi) is 6.09. The first-order chi connectivity index (χ1) is 14.9. The topological polar surface area (TPSA) is 54.3 Å². The van der Waals surface area contributed by atoms with Gasteiger partial charge in [0.25, 0.3) is 5.91 Å². The molecule has 160 valence electrons. The zero-order valence-electron chi connectivity index (χ0n) is 18.0. The van der Waals surface area contributed by atoms with Crippen LogP contribution >= 0.6 is 22.9 Å². The van der Waals surface area contributed by atoms with Crippen molar-refractivity contribution in [2.45, 2.75) is 13.8 Å². The summed E-state index contributed by atoms with van der Waals surface area (Å²) in [7, 11) is 3.98. The lowest BCUT2D eigenvalue weighted by molar-refractivity contribution is 0.0984. The SMILES string of the molecule is Cc1c(Cl)ccc2sc(N(CCN(C)C)C(=O)c3cnn(-c4ccccc4)c3C)nc12. The van der Waals surface area contributed by atoms with E-state index in [4.69, 9.17) is 16.6 Å². The number of amides is 1. The van der Waals surface area contributed by atoms with E-state index in [1.165, 1.54) is 11.3 Å². The van der Waals surface area contributed by atoms with Crippen molar-refractivity contribution in [1.29, 1.82) is 0 Å². The van der Waals surface area contributed by atoms with Gasteiger partial charge in [-0.05, 0) is 57.8 Å². The summed E-state index contributed by atoms with van der Waals surface area (Å²) in [6, 6.07) is 13.6. The van der Waals surface area contributed by atoms with Crippen LogP contribution in [-0.2, 0) is 0 Å². The lowest BCUT2D eigenvalue weighted by Crippen LogP contribution is -2.37. The molecule has 2 aromatic heterocycles. The Hall–Kier alpha value is -2.74. The molecule has 0 saturated carbocycles. The fourth-order valence-electron chi connectivity index (χ4n) is 3.38. The zero-order valence-corrected chi connectivity index (χ0v) is 19.5. The highest BCUT2D eigenvalue weighted by Crippen LogP contribution is 2.34. The Morgan fingerprint density at radius 3 is 2.55 bits per heavy atom. The highest BCUT2D eigenvalue weighted by Gasteiger charge is 2.25. The van der Waals surface area contributed by atoms with Crippen molar-refractivity contribution in [2.75, 3.05) is 32.1 Å². The molecule has 0 fully saturated rings. The van der Waals surface area contributed by atoms with E-state index in [1.54, 1.807) is 15.8 Å². The van der Waals surface area contributed by atoms with E-state index in [0.29, 0.717) is 28.8 Å². The maximum absolute atomic E-state index is 13.6. The van der Waals surface area contributed by atoms with E-state index in [2.05, 4.69) is 10.00 Å². The summed E-state index contributed by atoms with van der Waals surface area (Å²) >= 11 is 7.79. The number of likely N-dealkylation sites (N-methyl/N-ethyl adjacent to an activating group) is 1. The number of aromatic nitrogens is 3. The van der Waals surface area contributed by atoms with Gasteiger partial charge in [-0.25, -0.2) is 9.67 Å². The Balaban J connectivity index is 1.74. The summed E-state index contributed by atoms with van der Waals surface area (Å²) in [5, 5.41) is 5.81. The Morgan fingerprint density at radius 1 is 1.10 bits per heavy atom. The molecule has 8 heteroatoms. The van der Waals surface area contributed by atoms with Gasteiger partial charge in [-0.1, -0.05) is 41.1 Å². The van der Waals surface area contributed by atoms with Crippen molar-refractivity contribution in [1.82, 2.24) is 19.7 Å². The van der Waals surface area contributed by atoms with Gasteiger partial charge in [0.2, 0.25) is 0 Å². The minimum atomic E-state index is -0.107. The van der Waals surface area contributed by atoms with Crippen molar-refractivity contribution >= 4 is 44.2 Å². The molecule has 0 aliphatic carbocycles. The van der Waals surface area contributed by atoms with Crippen molar-refractivity contribution in [3.63, 3.8) is 0 Å². The number of carbonyl (C=O) groups is 1. The quantitative estimate of drug-likeness (QED) is 0.414. The molecular weight excluding hydrogens is 430 g/mol. The number of para-hydroxylation sites is 1. The summed E-state index contributed by atoms with van der Waals surface area (Å²) in [6.07, 6.45) is 1.64. The van der Waals surface area contributed by atoms with Crippen LogP contribution in [0, 0.1) is 13.8 Å². The summed E-state index contributed by atoms with van der Waals surface area (Å²) in [6.45, 7) is 5.11. The van der Waals surface area contributed by atoms with Gasteiger partial charge in [-0.15, -0.1) is 0 Å². The molecular formula is C23H24ClN5OS. The predicted molar refractivity (Wildman–Crippen MR) is 128 cm³/mol. The number of anilines is 1. The molecule has 0 spiro atoms. The maximum Gasteiger partial charge on any atom is 0.263 e. The number of halogens is 1. The molecule has 6 nitrogen and oxygen atoms in total. The lowest BCUT2D eigenvalue weighted by atomic mass is 10.2. The van der Waals surface area contributed by atoms with Crippen molar-refractivity contribution in [2.24, 2.45) is 0 Å². The van der Waals surface area contributed by atoms with Crippen LogP contribution in [-0.4, -0.2) is 52.8 Å². The van der Waals surface area contributed by atoms with E-state index in [9.17, 15) is 4.79 Å². The van der Waals surface area contributed by atoms with E-state index in [1.807, 2.05) is 70.4 Å². The molecule has 0 aliphatic rings. The lowest BCUT2D eigenvalue weighted by Gasteiger charge is -2.21. The van der Waals surface area contributed by atoms with E-state index >= 15 is 0 Å². The van der Waals surface area contributed by atoms with Gasteiger partial charge in [0.15, 0.2) is 5.13 Å². The van der Waals surface area contributed by atoms with Crippen LogP contribution in [0.1, 0.15) is 21.6 Å². The van der Waals surface area contributed by atoms with Crippen molar-refractivity contribution in [3.05, 3.63) is 70.5 Å². The van der Waals surface area contributed by atoms with Crippen LogP contribution in [0.3, 0.4) is 0 Å². The fraction of sp³-hybridized carbons (Fsp3) is 0.261. The van der Waals surface area contributed by atoms with Crippen LogP contribution in [0.25, 0.3) is 15.9 Å². The minimum absolute atomic E-state index is 0.107. The molecule has 2 heterocycles. The third kappa shape index (κ3) is 4.21. The molecule has 0 unspecified atom stereocenters. The number of fused-ring (bicyclic) bond motifs is 1. The van der Waals surface area contributed by atoms with Gasteiger partial charge < -0.3 is 4.90 Å². The molecule has 31 heavy (non-hydrogen) atoms. The van der Waals surface area contributed by atoms with E-state index in [0.717, 1.165) is 27.2 Å². The van der Waals surface area contributed by atoms with Crippen LogP contribution in [0.15, 0.2) is 48.7 Å². The molecule has 0 radical (unpaired) electrons. The largest absolute Gasteiger partial charge is 0.308 e. The van der Waals surface area contributed by atoms with E-state index in [-0.39, 0.29) is 5.91 Å². The van der Waals surface area contributed by atoms with Crippen LogP contribution in [0.5, 0.6) is 0 Å². The average molecular weight is 454 g/mol. The third-order valence-corrected chi connectivity index (χ3v) is 6.68. The van der Waals surface area contributed by atoms with Crippen molar-refractivity contribution < 1.29 is 4.79 Å². The number of thiazole rings is 1. The molecule has 0 bridgehead atoms. The van der Waals surface area contributed by atoms with Crippen molar-refractivity contribution in [3.8, 4) is 5.69 Å². The highest BCUT2D eigenvalue weighted by molar-refractivity contribution is 7.22. The number of hydrogen-bond donors (Lipinski definition) is 0. The first-order valence-electron chi connectivity index (χ1n) is 9.99. The molecule has 0 atom stereocenters. The number of hydrogen-bond acceptors (Lipinski definition) is 5. The second kappa shape index (κ2) is 8.78. The van der Waals surface area contributed by atoms with Gasteiger partial charge in [0, 0.05) is 18.1 Å². The standard InChI is InChI=1S/C23H24ClN5OS/c1-15-19(24)10-11-20-21(15)26-23(31-20)28(13-12-27(3)4)22(30)18-14-25-29(16(18)2)17-8-6-5-7-9-17/h5-11,14H,12-13H2,1-4H3. The summed E-state index contributed by atoms with van der Waals surface area (Å²) in [4.78, 5) is 22.2. The smallest absolute Gasteiger partial charge is 0.263 e. The van der Waals surface area contributed by atoms with Crippen LogP contribution in [0.4, 0.5) is 5.13 Å². The molecule has 0 aliphatic heterocycles. The zero-order chi connectivity index (χ0) is 22.1. The molecule has 4 aromatic rings. The van der Waals surface area contributed by atoms with Gasteiger partial charge in [0.1, 0.15) is 0 Å². The van der Waals surface area contributed by atoms with Gasteiger partial charge >= 0.3 is 0 Å². The minimum Gasteiger partial charge on any atom is -0.308 e. The normalized spacial score (nSPS) is 11.4. The highest BCUT2D eigenvalue weighted by atomic mass is 35.5. The summed E-state index contributed by atoms with van der Waals surface area (Å²) < 4.78 is 2.80. The fourth-order valence-corrected chi connectivity index (χ4v) is 4.58. The second-order valence-corrected chi connectivity index (χ2v) is 9.08. The number of rotatable bonds is 6. The summed E-state index contributed by atoms with van der Waals surface area (Å²) in [5.74, 6) is -0.107. The molecule has 2 aromatic carbocycles. The molecule has 0 N–H and O–H groups in total. The van der Waals surface area contributed by atoms with Crippen LogP contribution < -0.4 is 4.90 Å². The maximum atomic E-state index is 13.6. The Bertz CT molecular complexity index is 1230. The van der Waals surface area contributed by atoms with Gasteiger partial charge in [0.05, 0.1) is 33.4 Å². The summed E-state index contributed by atoms with van der Waals surface area (Å²) in [5.41, 5.74) is 4.05. The molecule has 4 rings (SSSR count). The first kappa shape index (κ1) is 21.5. The first-order valence-corrected chi connectivity index (χ1v) is 11.2. The average Bonchev–Trinajstić information content (AvgIpc) is 3.35. The predicted octanol–water partition coefficient (Wildman–Crippen LogP) is 4.96. The number of carbonyl (C=O) groups excluding carboxylic acids is 1.